The van der Waals surface area contributed by atoms with E-state index < -0.39 is 30.8 Å². The molecule has 0 unspecified atom stereocenters. The molecule has 0 bridgehead atoms. The molecule has 0 fully saturated rings. The predicted molar refractivity (Wildman–Crippen MR) is 123 cm³/mol. The van der Waals surface area contributed by atoms with E-state index in [0.717, 1.165) is 42.0 Å². The van der Waals surface area contributed by atoms with Gasteiger partial charge in [0, 0.05) is 35.6 Å². The van der Waals surface area contributed by atoms with Crippen molar-refractivity contribution in [2.45, 2.75) is 25.2 Å². The molecule has 0 aliphatic carbocycles. The maximum Gasteiger partial charge on any atom is 0.332 e. The van der Waals surface area contributed by atoms with Crippen molar-refractivity contribution in [3.05, 3.63) is 63.7 Å². The molecule has 0 atom stereocenters. The van der Waals surface area contributed by atoms with Crippen LogP contribution in [0.2, 0.25) is 5.02 Å². The molecular formula is C21H20ClFN4O4S. The smallest absolute Gasteiger partial charge is 0.332 e. The quantitative estimate of drug-likeness (QED) is 0.155. The lowest BCUT2D eigenvalue weighted by Gasteiger charge is -2.24. The molecule has 0 saturated heterocycles. The van der Waals surface area contributed by atoms with Gasteiger partial charge in [-0.25, -0.2) is 0 Å². The fourth-order valence-electron chi connectivity index (χ4n) is 3.39. The van der Waals surface area contributed by atoms with Gasteiger partial charge < -0.3 is 4.90 Å². The number of rotatable bonds is 8. The van der Waals surface area contributed by atoms with Crippen LogP contribution in [0.1, 0.15) is 20.3 Å². The summed E-state index contributed by atoms with van der Waals surface area (Å²) in [4.78, 5) is 11.8. The molecule has 3 rings (SSSR count). The zero-order valence-corrected chi connectivity index (χ0v) is 18.9. The zero-order chi connectivity index (χ0) is 23.5. The van der Waals surface area contributed by atoms with Crippen LogP contribution < -0.4 is 4.90 Å². The van der Waals surface area contributed by atoms with Gasteiger partial charge in [0.2, 0.25) is 0 Å². The van der Waals surface area contributed by atoms with Crippen LogP contribution in [-0.4, -0.2) is 26.4 Å². The first-order valence-corrected chi connectivity index (χ1v) is 11.5. The lowest BCUT2D eigenvalue weighted by molar-refractivity contribution is -0.384. The molecule has 0 aliphatic heterocycles. The first-order valence-electron chi connectivity index (χ1n) is 9.78. The lowest BCUT2D eigenvalue weighted by Crippen LogP contribution is -2.23. The summed E-state index contributed by atoms with van der Waals surface area (Å²) in [6, 6.07) is 12.6. The fraction of sp³-hybridized carbons (Fsp3) is 0.238. The van der Waals surface area contributed by atoms with Gasteiger partial charge in [0.15, 0.2) is 5.69 Å². The van der Waals surface area contributed by atoms with Gasteiger partial charge in [-0.2, -0.15) is 8.42 Å². The second-order valence-corrected chi connectivity index (χ2v) is 8.65. The molecule has 0 heterocycles. The molecular weight excluding hydrogens is 459 g/mol. The molecule has 0 amide bonds. The number of halogens is 2. The van der Waals surface area contributed by atoms with Gasteiger partial charge in [-0.05, 0) is 31.5 Å². The van der Waals surface area contributed by atoms with E-state index in [1.165, 1.54) is 0 Å². The number of fused-ring (bicyclic) bond motifs is 1. The van der Waals surface area contributed by atoms with E-state index >= 15 is 0 Å². The molecule has 0 spiro atoms. The summed E-state index contributed by atoms with van der Waals surface area (Å²) >= 11 is 5.99. The van der Waals surface area contributed by atoms with Crippen molar-refractivity contribution >= 4 is 55.3 Å². The SMILES string of the molecule is CCCN(CC)c1ccc(/N=N/c2c(Cl)cc(S(=O)(=O)F)cc2[N+](=O)[O-])c2ccccc12. The van der Waals surface area contributed by atoms with Gasteiger partial charge in [0.1, 0.15) is 4.90 Å². The number of nitro benzene ring substituents is 1. The van der Waals surface area contributed by atoms with Crippen molar-refractivity contribution in [3.8, 4) is 0 Å². The maximum atomic E-state index is 13.3. The van der Waals surface area contributed by atoms with Crippen LogP contribution in [-0.2, 0) is 10.2 Å². The summed E-state index contributed by atoms with van der Waals surface area (Å²) < 4.78 is 35.6. The van der Waals surface area contributed by atoms with Crippen molar-refractivity contribution in [3.63, 3.8) is 0 Å². The van der Waals surface area contributed by atoms with E-state index in [-0.39, 0.29) is 5.69 Å². The normalized spacial score (nSPS) is 11.9. The van der Waals surface area contributed by atoms with Crippen molar-refractivity contribution in [2.24, 2.45) is 10.2 Å². The van der Waals surface area contributed by atoms with Gasteiger partial charge in [-0.1, -0.05) is 42.8 Å². The first kappa shape index (κ1) is 23.6. The van der Waals surface area contributed by atoms with Crippen LogP contribution in [0.5, 0.6) is 0 Å². The second kappa shape index (κ2) is 9.58. The number of nitro groups is 1. The Morgan fingerprint density at radius 2 is 1.78 bits per heavy atom. The summed E-state index contributed by atoms with van der Waals surface area (Å²) in [6.07, 6.45) is 0.983. The number of benzene rings is 3. The molecule has 0 saturated carbocycles. The van der Waals surface area contributed by atoms with Crippen molar-refractivity contribution < 1.29 is 17.2 Å². The van der Waals surface area contributed by atoms with Gasteiger partial charge in [-0.15, -0.1) is 14.1 Å². The first-order chi connectivity index (χ1) is 15.2. The average molecular weight is 479 g/mol. The molecule has 11 heteroatoms. The van der Waals surface area contributed by atoms with Gasteiger partial charge in [-0.3, -0.25) is 10.1 Å². The van der Waals surface area contributed by atoms with Gasteiger partial charge >= 0.3 is 10.2 Å². The zero-order valence-electron chi connectivity index (χ0n) is 17.3. The van der Waals surface area contributed by atoms with Crippen LogP contribution in [0.4, 0.5) is 26.6 Å². The number of azo groups is 1. The highest BCUT2D eigenvalue weighted by atomic mass is 35.5. The Kier molecular flexibility index (Phi) is 7.05. The third-order valence-corrected chi connectivity index (χ3v) is 5.93. The molecule has 0 aliphatic rings. The van der Waals surface area contributed by atoms with E-state index in [1.54, 1.807) is 6.07 Å². The van der Waals surface area contributed by atoms with Crippen molar-refractivity contribution in [1.82, 2.24) is 0 Å². The predicted octanol–water partition coefficient (Wildman–Crippen LogP) is 6.71. The average Bonchev–Trinajstić information content (AvgIpc) is 2.75. The summed E-state index contributed by atoms with van der Waals surface area (Å²) in [5, 5.41) is 20.8. The van der Waals surface area contributed by atoms with Crippen LogP contribution in [0.15, 0.2) is 63.7 Å². The van der Waals surface area contributed by atoms with E-state index in [1.807, 2.05) is 30.3 Å². The van der Waals surface area contributed by atoms with Crippen LogP contribution in [0.3, 0.4) is 0 Å². The number of hydrogen-bond acceptors (Lipinski definition) is 7. The molecule has 0 aromatic heterocycles. The highest BCUT2D eigenvalue weighted by Gasteiger charge is 2.24. The van der Waals surface area contributed by atoms with Gasteiger partial charge in [0.05, 0.1) is 15.6 Å². The topological polar surface area (TPSA) is 105 Å². The van der Waals surface area contributed by atoms with E-state index in [4.69, 9.17) is 11.6 Å². The minimum atomic E-state index is -5.18. The Bertz CT molecular complexity index is 1310. The van der Waals surface area contributed by atoms with Gasteiger partial charge in [0.25, 0.3) is 5.69 Å². The maximum absolute atomic E-state index is 13.3. The van der Waals surface area contributed by atoms with Crippen molar-refractivity contribution in [1.29, 1.82) is 0 Å². The summed E-state index contributed by atoms with van der Waals surface area (Å²) in [6.45, 7) is 5.88. The minimum absolute atomic E-state index is 0.363. The Morgan fingerprint density at radius 3 is 2.38 bits per heavy atom. The Morgan fingerprint density at radius 1 is 1.09 bits per heavy atom. The Hall–Kier alpha value is -3.11. The van der Waals surface area contributed by atoms with Crippen LogP contribution in [0.25, 0.3) is 10.8 Å². The largest absolute Gasteiger partial charge is 0.371 e. The molecule has 32 heavy (non-hydrogen) atoms. The number of nitrogens with zero attached hydrogens (tertiary/aromatic N) is 4. The molecule has 0 radical (unpaired) electrons. The molecule has 3 aromatic carbocycles. The lowest BCUT2D eigenvalue weighted by atomic mass is 10.1. The summed E-state index contributed by atoms with van der Waals surface area (Å²) in [5.41, 5.74) is 0.353. The Balaban J connectivity index is 2.13. The molecule has 8 nitrogen and oxygen atoms in total. The van der Waals surface area contributed by atoms with Crippen LogP contribution >= 0.6 is 11.6 Å². The third kappa shape index (κ3) is 4.86. The fourth-order valence-corrected chi connectivity index (χ4v) is 4.22. The minimum Gasteiger partial charge on any atom is -0.371 e. The molecule has 0 N–H and O–H groups in total. The summed E-state index contributed by atoms with van der Waals surface area (Å²) in [7, 11) is -5.18. The summed E-state index contributed by atoms with van der Waals surface area (Å²) in [5.74, 6) is 0. The number of anilines is 1. The number of hydrogen-bond donors (Lipinski definition) is 0. The van der Waals surface area contributed by atoms with E-state index in [2.05, 4.69) is 29.0 Å². The Labute approximate surface area is 189 Å². The second-order valence-electron chi connectivity index (χ2n) is 6.90. The highest BCUT2D eigenvalue weighted by Crippen LogP contribution is 2.40. The standard InChI is InChI=1S/C21H20ClFN4O4S/c1-3-11-26(4-2)19-10-9-18(15-7-5-6-8-16(15)19)24-25-21-17(22)12-14(32(23,30)31)13-20(21)27(28)29/h5-10,12-13H,3-4,11H2,1-2H3/b25-24+. The highest BCUT2D eigenvalue weighted by molar-refractivity contribution is 7.86. The monoisotopic (exact) mass is 478 g/mol. The molecule has 168 valence electrons. The van der Waals surface area contributed by atoms with E-state index in [0.29, 0.717) is 11.8 Å². The van der Waals surface area contributed by atoms with Crippen LogP contribution in [0, 0.1) is 10.1 Å². The van der Waals surface area contributed by atoms with E-state index in [9.17, 15) is 22.4 Å². The van der Waals surface area contributed by atoms with Crippen molar-refractivity contribution in [2.75, 3.05) is 18.0 Å². The third-order valence-electron chi connectivity index (χ3n) is 4.85. The molecule has 3 aromatic rings.